The topological polar surface area (TPSA) is 108 Å². The maximum absolute atomic E-state index is 16.2. The van der Waals surface area contributed by atoms with Gasteiger partial charge in [-0.3, -0.25) is 9.59 Å². The van der Waals surface area contributed by atoms with Gasteiger partial charge in [0.1, 0.15) is 0 Å². The molecule has 1 saturated carbocycles. The van der Waals surface area contributed by atoms with Crippen molar-refractivity contribution in [3.63, 3.8) is 0 Å². The van der Waals surface area contributed by atoms with Crippen molar-refractivity contribution in [3.05, 3.63) is 64.0 Å². The first-order chi connectivity index (χ1) is 19.9. The van der Waals surface area contributed by atoms with Gasteiger partial charge in [0, 0.05) is 22.4 Å². The number of nitrogens with one attached hydrogen (secondary N) is 1. The number of fused-ring (bicyclic) bond motifs is 2. The predicted molar refractivity (Wildman–Crippen MR) is 160 cm³/mol. The lowest BCUT2D eigenvalue weighted by atomic mass is 9.84. The van der Waals surface area contributed by atoms with Crippen LogP contribution in [0.2, 0.25) is 0 Å². The van der Waals surface area contributed by atoms with Crippen LogP contribution < -0.4 is 14.8 Å². The number of carbonyl (C=O) groups is 2. The Morgan fingerprint density at radius 2 is 1.69 bits per heavy atom. The first-order valence-corrected chi connectivity index (χ1v) is 14.8. The molecule has 0 atom stereocenters. The Kier molecular flexibility index (Phi) is 9.33. The number of carbonyl (C=O) groups excluding carboxylic acids is 2. The Hall–Kier alpha value is -3.43. The molecule has 0 bridgehead atoms. The van der Waals surface area contributed by atoms with Crippen LogP contribution in [-0.2, 0) is 11.0 Å². The van der Waals surface area contributed by atoms with E-state index in [1.165, 1.54) is 0 Å². The molecule has 0 radical (unpaired) electrons. The number of allylic oxidation sites excluding steroid dienone is 1. The summed E-state index contributed by atoms with van der Waals surface area (Å²) in [5.41, 5.74) is 2.49. The smallest absolute Gasteiger partial charge is 0.251 e. The van der Waals surface area contributed by atoms with Crippen LogP contribution in [-0.4, -0.2) is 65.8 Å². The van der Waals surface area contributed by atoms with Crippen molar-refractivity contribution in [3.8, 4) is 11.5 Å². The zero-order chi connectivity index (χ0) is 30.8. The number of halogens is 1. The van der Waals surface area contributed by atoms with E-state index in [1.807, 2.05) is 57.7 Å². The average Bonchev–Trinajstić information content (AvgIpc) is 3.72. The fourth-order valence-corrected chi connectivity index (χ4v) is 5.58. The standard InChI is InChI=1S/C33H43FN2O6/c1-7-10-25-28-24(16-27(41-8-2)30(29(28)34)42-9-3)33(11-12-33)36(25)17-26(39)20-13-21(15-22(14-20)32(4,5)6)31(40)35-23(18-37)19-38/h10,13-16,23,37-38H,7-9,11-12,17-19H2,1-6H3,(H,35,40). The maximum atomic E-state index is 16.2. The van der Waals surface area contributed by atoms with E-state index >= 15 is 4.39 Å². The van der Waals surface area contributed by atoms with Crippen LogP contribution in [0.15, 0.2) is 30.3 Å². The molecule has 0 saturated heterocycles. The number of hydrogen-bond donors (Lipinski definition) is 3. The Labute approximate surface area is 247 Å². The molecule has 0 unspecified atom stereocenters. The summed E-state index contributed by atoms with van der Waals surface area (Å²) in [5.74, 6) is -0.719. The van der Waals surface area contributed by atoms with Gasteiger partial charge in [0.25, 0.3) is 5.91 Å². The third kappa shape index (κ3) is 5.90. The molecule has 0 aromatic heterocycles. The fraction of sp³-hybridized carbons (Fsp3) is 0.515. The van der Waals surface area contributed by atoms with Crippen molar-refractivity contribution in [1.29, 1.82) is 0 Å². The molecule has 2 aromatic carbocycles. The van der Waals surface area contributed by atoms with Gasteiger partial charge in [-0.05, 0) is 73.9 Å². The van der Waals surface area contributed by atoms with Crippen molar-refractivity contribution in [1.82, 2.24) is 10.2 Å². The summed E-state index contributed by atoms with van der Waals surface area (Å²) in [6, 6.07) is 6.14. The Morgan fingerprint density at radius 3 is 2.24 bits per heavy atom. The van der Waals surface area contributed by atoms with Gasteiger partial charge < -0.3 is 29.9 Å². The molecule has 8 nitrogen and oxygen atoms in total. The molecular formula is C33H43FN2O6. The average molecular weight is 583 g/mol. The Morgan fingerprint density at radius 1 is 1.05 bits per heavy atom. The molecule has 3 N–H and O–H groups in total. The van der Waals surface area contributed by atoms with Crippen molar-refractivity contribution in [2.75, 3.05) is 33.0 Å². The molecule has 9 heteroatoms. The van der Waals surface area contributed by atoms with Crippen molar-refractivity contribution in [2.24, 2.45) is 0 Å². The molecule has 1 aliphatic carbocycles. The summed E-state index contributed by atoms with van der Waals surface area (Å²) >= 11 is 0. The van der Waals surface area contributed by atoms with Crippen LogP contribution in [0.5, 0.6) is 11.5 Å². The number of Topliss-reactive ketones (excluding diaryl/α,β-unsaturated/α-hetero) is 1. The number of aliphatic hydroxyl groups excluding tert-OH is 2. The number of benzene rings is 2. The van der Waals surface area contributed by atoms with Crippen LogP contribution in [0.4, 0.5) is 4.39 Å². The highest BCUT2D eigenvalue weighted by molar-refractivity contribution is 6.02. The lowest BCUT2D eigenvalue weighted by molar-refractivity contribution is 0.0879. The minimum atomic E-state index is -0.812. The lowest BCUT2D eigenvalue weighted by Crippen LogP contribution is -2.40. The van der Waals surface area contributed by atoms with Crippen LogP contribution >= 0.6 is 0 Å². The van der Waals surface area contributed by atoms with Gasteiger partial charge in [-0.2, -0.15) is 0 Å². The SMILES string of the molecule is CCC=C1c2c(cc(OCC)c(OCC)c2F)C2(CC2)N1CC(=O)c1cc(C(=O)NC(CO)CO)cc(C(C)(C)C)c1. The highest BCUT2D eigenvalue weighted by Crippen LogP contribution is 2.62. The second-order valence-electron chi connectivity index (χ2n) is 11.9. The molecule has 2 aliphatic rings. The lowest BCUT2D eigenvalue weighted by Gasteiger charge is -2.28. The minimum Gasteiger partial charge on any atom is -0.490 e. The maximum Gasteiger partial charge on any atom is 0.251 e. The first kappa shape index (κ1) is 31.5. The van der Waals surface area contributed by atoms with Crippen LogP contribution in [0, 0.1) is 5.82 Å². The van der Waals surface area contributed by atoms with E-state index in [1.54, 1.807) is 19.1 Å². The van der Waals surface area contributed by atoms with E-state index in [0.29, 0.717) is 35.6 Å². The van der Waals surface area contributed by atoms with E-state index in [2.05, 4.69) is 5.32 Å². The van der Waals surface area contributed by atoms with E-state index in [9.17, 15) is 19.8 Å². The summed E-state index contributed by atoms with van der Waals surface area (Å²) in [5, 5.41) is 21.5. The van der Waals surface area contributed by atoms with Crippen molar-refractivity contribution in [2.45, 2.75) is 77.8 Å². The second-order valence-corrected chi connectivity index (χ2v) is 11.9. The number of rotatable bonds is 12. The number of ketones is 1. The van der Waals surface area contributed by atoms with Gasteiger partial charge >= 0.3 is 0 Å². The first-order valence-electron chi connectivity index (χ1n) is 14.8. The summed E-state index contributed by atoms with van der Waals surface area (Å²) in [4.78, 5) is 29.1. The number of aliphatic hydroxyl groups is 2. The molecule has 1 heterocycles. The molecule has 1 fully saturated rings. The highest BCUT2D eigenvalue weighted by Gasteiger charge is 2.58. The highest BCUT2D eigenvalue weighted by atomic mass is 19.1. The van der Waals surface area contributed by atoms with Crippen LogP contribution in [0.3, 0.4) is 0 Å². The van der Waals surface area contributed by atoms with E-state index < -0.39 is 36.5 Å². The molecular weight excluding hydrogens is 539 g/mol. The van der Waals surface area contributed by atoms with Gasteiger partial charge in [-0.15, -0.1) is 0 Å². The largest absolute Gasteiger partial charge is 0.490 e. The Balaban J connectivity index is 1.75. The van der Waals surface area contributed by atoms with Crippen LogP contribution in [0.25, 0.3) is 5.70 Å². The molecule has 1 spiro atoms. The second kappa shape index (κ2) is 12.4. The quantitative estimate of drug-likeness (QED) is 0.304. The monoisotopic (exact) mass is 582 g/mol. The van der Waals surface area contributed by atoms with Gasteiger partial charge in [0.2, 0.25) is 0 Å². The van der Waals surface area contributed by atoms with Gasteiger partial charge in [0.15, 0.2) is 23.1 Å². The van der Waals surface area contributed by atoms with E-state index in [0.717, 1.165) is 24.0 Å². The zero-order valence-corrected chi connectivity index (χ0v) is 25.5. The molecule has 2 aromatic rings. The number of hydrogen-bond acceptors (Lipinski definition) is 7. The molecule has 1 amide bonds. The van der Waals surface area contributed by atoms with E-state index in [4.69, 9.17) is 9.47 Å². The van der Waals surface area contributed by atoms with Gasteiger partial charge in [0.05, 0.1) is 44.6 Å². The number of amides is 1. The predicted octanol–water partition coefficient (Wildman–Crippen LogP) is 4.94. The molecule has 1 aliphatic heterocycles. The summed E-state index contributed by atoms with van der Waals surface area (Å²) < 4.78 is 27.6. The Bertz CT molecular complexity index is 1370. The molecule has 42 heavy (non-hydrogen) atoms. The summed E-state index contributed by atoms with van der Waals surface area (Å²) in [6.07, 6.45) is 4.14. The summed E-state index contributed by atoms with van der Waals surface area (Å²) in [7, 11) is 0. The van der Waals surface area contributed by atoms with Crippen molar-refractivity contribution >= 4 is 17.4 Å². The van der Waals surface area contributed by atoms with E-state index in [-0.39, 0.29) is 35.7 Å². The zero-order valence-electron chi connectivity index (χ0n) is 25.5. The van der Waals surface area contributed by atoms with Crippen LogP contribution in [0.1, 0.15) is 98.2 Å². The number of nitrogens with zero attached hydrogens (tertiary/aromatic N) is 1. The van der Waals surface area contributed by atoms with Gasteiger partial charge in [-0.25, -0.2) is 4.39 Å². The fourth-order valence-electron chi connectivity index (χ4n) is 5.58. The summed E-state index contributed by atoms with van der Waals surface area (Å²) in [6.45, 7) is 11.4. The minimum absolute atomic E-state index is 0.00154. The van der Waals surface area contributed by atoms with Crippen molar-refractivity contribution < 1.29 is 33.7 Å². The third-order valence-electron chi connectivity index (χ3n) is 7.92. The third-order valence-corrected chi connectivity index (χ3v) is 7.92. The number of ether oxygens (including phenoxy) is 2. The van der Waals surface area contributed by atoms with Gasteiger partial charge in [-0.1, -0.05) is 33.8 Å². The molecule has 228 valence electrons. The normalized spacial score (nSPS) is 16.2. The molecule has 4 rings (SSSR count).